The first-order valence-corrected chi connectivity index (χ1v) is 8.92. The molecular formula is C20H23N3S. The van der Waals surface area contributed by atoms with Gasteiger partial charge in [-0.05, 0) is 29.0 Å². The molecule has 0 spiro atoms. The van der Waals surface area contributed by atoms with Crippen LogP contribution in [-0.4, -0.2) is 17.8 Å². The van der Waals surface area contributed by atoms with E-state index in [0.717, 1.165) is 30.1 Å². The Balaban J connectivity index is 2.12. The maximum Gasteiger partial charge on any atom is 0.0995 e. The molecule has 2 aromatic carbocycles. The van der Waals surface area contributed by atoms with Crippen LogP contribution in [0.25, 0.3) is 0 Å². The van der Waals surface area contributed by atoms with Gasteiger partial charge in [-0.25, -0.2) is 0 Å². The van der Waals surface area contributed by atoms with E-state index in [1.807, 2.05) is 43.6 Å². The minimum Gasteiger partial charge on any atom is -0.393 e. The predicted octanol–water partition coefficient (Wildman–Crippen LogP) is 4.33. The molecule has 0 aliphatic heterocycles. The highest BCUT2D eigenvalue weighted by molar-refractivity contribution is 8.02. The van der Waals surface area contributed by atoms with Gasteiger partial charge in [0.2, 0.25) is 0 Å². The van der Waals surface area contributed by atoms with Crippen molar-refractivity contribution in [2.45, 2.75) is 20.0 Å². The molecule has 0 saturated carbocycles. The Morgan fingerprint density at radius 1 is 1.12 bits per heavy atom. The van der Waals surface area contributed by atoms with E-state index in [1.165, 1.54) is 10.5 Å². The van der Waals surface area contributed by atoms with E-state index in [9.17, 15) is 5.26 Å². The molecule has 0 aliphatic carbocycles. The third-order valence-electron chi connectivity index (χ3n) is 3.60. The summed E-state index contributed by atoms with van der Waals surface area (Å²) in [6, 6.07) is 20.6. The fraction of sp³-hybridized carbons (Fsp3) is 0.250. The van der Waals surface area contributed by atoms with Crippen molar-refractivity contribution in [2.75, 3.05) is 12.9 Å². The molecule has 0 aliphatic rings. The molecule has 2 aromatic rings. The van der Waals surface area contributed by atoms with E-state index in [0.29, 0.717) is 0 Å². The van der Waals surface area contributed by atoms with Gasteiger partial charge < -0.3 is 5.32 Å². The first-order chi connectivity index (χ1) is 11.7. The lowest BCUT2D eigenvalue weighted by Gasteiger charge is -2.23. The van der Waals surface area contributed by atoms with Crippen LogP contribution in [0.3, 0.4) is 0 Å². The summed E-state index contributed by atoms with van der Waals surface area (Å²) in [7, 11) is 1.91. The number of allylic oxidation sites excluding steroid dienone is 1. The normalized spacial score (nSPS) is 11.3. The quantitative estimate of drug-likeness (QED) is 0.728. The Hall–Kier alpha value is -2.22. The highest BCUT2D eigenvalue weighted by Crippen LogP contribution is 2.20. The maximum absolute atomic E-state index is 9.32. The van der Waals surface area contributed by atoms with Gasteiger partial charge >= 0.3 is 0 Å². The topological polar surface area (TPSA) is 39.1 Å². The highest BCUT2D eigenvalue weighted by Gasteiger charge is 2.10. The lowest BCUT2D eigenvalue weighted by Crippen LogP contribution is -2.23. The Morgan fingerprint density at radius 2 is 1.83 bits per heavy atom. The van der Waals surface area contributed by atoms with Crippen LogP contribution in [0.2, 0.25) is 0 Å². The number of rotatable bonds is 8. The van der Waals surface area contributed by atoms with Gasteiger partial charge in [0, 0.05) is 32.2 Å². The Labute approximate surface area is 149 Å². The zero-order valence-electron chi connectivity index (χ0n) is 14.2. The molecule has 2 rings (SSSR count). The van der Waals surface area contributed by atoms with E-state index >= 15 is 0 Å². The number of nitriles is 1. The van der Waals surface area contributed by atoms with Gasteiger partial charge in [-0.15, -0.1) is 11.8 Å². The van der Waals surface area contributed by atoms with Crippen molar-refractivity contribution in [1.82, 2.24) is 10.2 Å². The van der Waals surface area contributed by atoms with Crippen molar-refractivity contribution < 1.29 is 0 Å². The first-order valence-electron chi connectivity index (χ1n) is 7.94. The van der Waals surface area contributed by atoms with Crippen LogP contribution in [0.4, 0.5) is 0 Å². The minimum absolute atomic E-state index is 0.753. The summed E-state index contributed by atoms with van der Waals surface area (Å²) in [4.78, 5) is 3.60. The van der Waals surface area contributed by atoms with Gasteiger partial charge in [0.05, 0.1) is 11.6 Å². The number of hydrogen-bond donors (Lipinski definition) is 1. The zero-order valence-corrected chi connectivity index (χ0v) is 15.0. The molecule has 0 fully saturated rings. The van der Waals surface area contributed by atoms with Gasteiger partial charge in [-0.3, -0.25) is 4.90 Å². The molecule has 0 bridgehead atoms. The predicted molar refractivity (Wildman–Crippen MR) is 102 cm³/mol. The maximum atomic E-state index is 9.32. The van der Waals surface area contributed by atoms with Crippen LogP contribution < -0.4 is 5.32 Å². The van der Waals surface area contributed by atoms with Crippen LogP contribution in [0.5, 0.6) is 0 Å². The molecule has 0 saturated heterocycles. The third-order valence-corrected chi connectivity index (χ3v) is 4.67. The first kappa shape index (κ1) is 18.1. The number of nitrogens with zero attached hydrogens (tertiary/aromatic N) is 2. The Kier molecular flexibility index (Phi) is 7.41. The fourth-order valence-corrected chi connectivity index (χ4v) is 3.20. The molecule has 0 unspecified atom stereocenters. The highest BCUT2D eigenvalue weighted by atomic mass is 32.2. The molecule has 1 N–H and O–H groups in total. The third kappa shape index (κ3) is 5.77. The van der Waals surface area contributed by atoms with Crippen molar-refractivity contribution in [2.24, 2.45) is 0 Å². The number of benzene rings is 2. The second-order valence-corrected chi connectivity index (χ2v) is 6.75. The summed E-state index contributed by atoms with van der Waals surface area (Å²) in [5, 5.41) is 12.4. The van der Waals surface area contributed by atoms with E-state index in [-0.39, 0.29) is 0 Å². The van der Waals surface area contributed by atoms with Crippen LogP contribution in [-0.2, 0) is 13.1 Å². The van der Waals surface area contributed by atoms with E-state index < -0.39 is 0 Å². The van der Waals surface area contributed by atoms with Gasteiger partial charge in [-0.1, -0.05) is 48.5 Å². The van der Waals surface area contributed by atoms with Crippen molar-refractivity contribution in [3.05, 3.63) is 82.4 Å². The van der Waals surface area contributed by atoms with E-state index in [1.54, 1.807) is 11.8 Å². The summed E-state index contributed by atoms with van der Waals surface area (Å²) in [5.41, 5.74) is 3.11. The summed E-state index contributed by atoms with van der Waals surface area (Å²) in [5.74, 6) is 0.874. The largest absolute Gasteiger partial charge is 0.393 e. The van der Waals surface area contributed by atoms with Crippen LogP contribution in [0, 0.1) is 11.3 Å². The SMILES string of the molecule is CN/C=C(\C)SCN(Cc1ccccc1)Cc1ccccc1C#N. The smallest absolute Gasteiger partial charge is 0.0995 e. The number of hydrogen-bond acceptors (Lipinski definition) is 4. The van der Waals surface area contributed by atoms with Crippen molar-refractivity contribution >= 4 is 11.8 Å². The van der Waals surface area contributed by atoms with Crippen LogP contribution in [0.15, 0.2) is 65.7 Å². The van der Waals surface area contributed by atoms with Crippen molar-refractivity contribution in [1.29, 1.82) is 5.26 Å². The van der Waals surface area contributed by atoms with Crippen LogP contribution >= 0.6 is 11.8 Å². The minimum atomic E-state index is 0.753. The van der Waals surface area contributed by atoms with Crippen LogP contribution in [0.1, 0.15) is 23.6 Å². The van der Waals surface area contributed by atoms with Crippen molar-refractivity contribution in [3.8, 4) is 6.07 Å². The standard InChI is InChI=1S/C20H23N3S/c1-17(13-22-2)24-16-23(14-18-8-4-3-5-9-18)15-20-11-7-6-10-19(20)12-21/h3-11,13,22H,14-16H2,1-2H3/b17-13+. The second-order valence-electron chi connectivity index (χ2n) is 5.56. The molecule has 0 radical (unpaired) electrons. The molecule has 124 valence electrons. The second kappa shape index (κ2) is 9.82. The summed E-state index contributed by atoms with van der Waals surface area (Å²) >= 11 is 1.80. The fourth-order valence-electron chi connectivity index (χ4n) is 2.43. The molecule has 3 nitrogen and oxygen atoms in total. The molecule has 24 heavy (non-hydrogen) atoms. The van der Waals surface area contributed by atoms with Gasteiger partial charge in [-0.2, -0.15) is 5.26 Å². The van der Waals surface area contributed by atoms with Gasteiger partial charge in [0.15, 0.2) is 0 Å². The number of thioether (sulfide) groups is 1. The van der Waals surface area contributed by atoms with Gasteiger partial charge in [0.25, 0.3) is 0 Å². The van der Waals surface area contributed by atoms with E-state index in [2.05, 4.69) is 47.5 Å². The Morgan fingerprint density at radius 3 is 2.54 bits per heavy atom. The van der Waals surface area contributed by atoms with Gasteiger partial charge in [0.1, 0.15) is 0 Å². The molecule has 4 heteroatoms. The molecule has 0 amide bonds. The lowest BCUT2D eigenvalue weighted by atomic mass is 10.1. The van der Waals surface area contributed by atoms with Crippen molar-refractivity contribution in [3.63, 3.8) is 0 Å². The molecule has 0 atom stereocenters. The summed E-state index contributed by atoms with van der Waals surface area (Å²) in [6.07, 6.45) is 2.01. The Bertz CT molecular complexity index is 704. The lowest BCUT2D eigenvalue weighted by molar-refractivity contribution is 0.305. The zero-order chi connectivity index (χ0) is 17.2. The monoisotopic (exact) mass is 337 g/mol. The summed E-state index contributed by atoms with van der Waals surface area (Å²) < 4.78 is 0. The molecule has 0 heterocycles. The average Bonchev–Trinajstić information content (AvgIpc) is 2.61. The average molecular weight is 337 g/mol. The molecule has 0 aromatic heterocycles. The van der Waals surface area contributed by atoms with E-state index in [4.69, 9.17) is 0 Å². The molecular weight excluding hydrogens is 314 g/mol. The number of nitrogens with one attached hydrogen (secondary N) is 1. The summed E-state index contributed by atoms with van der Waals surface area (Å²) in [6.45, 7) is 3.73.